The van der Waals surface area contributed by atoms with Crippen LogP contribution in [0.3, 0.4) is 0 Å². The molecule has 2 atom stereocenters. The van der Waals surface area contributed by atoms with Crippen molar-refractivity contribution in [3.8, 4) is 0 Å². The maximum atomic E-state index is 13.0. The van der Waals surface area contributed by atoms with E-state index in [9.17, 15) is 28.2 Å². The molecule has 3 aromatic rings. The zero-order valence-corrected chi connectivity index (χ0v) is 16.1. The molecule has 0 saturated carbocycles. The Morgan fingerprint density at radius 3 is 1.94 bits per heavy atom. The molecular formula is C24H18F3NO3. The first kappa shape index (κ1) is 20.7. The van der Waals surface area contributed by atoms with Crippen LogP contribution in [0.1, 0.15) is 22.8 Å². The van der Waals surface area contributed by atoms with Crippen molar-refractivity contribution < 1.29 is 28.2 Å². The molecule has 0 bridgehead atoms. The van der Waals surface area contributed by atoms with Gasteiger partial charge in [0.25, 0.3) is 5.91 Å². The molecule has 4 nitrogen and oxygen atoms in total. The van der Waals surface area contributed by atoms with Crippen molar-refractivity contribution in [3.63, 3.8) is 0 Å². The van der Waals surface area contributed by atoms with E-state index in [1.54, 1.807) is 60.7 Å². The first-order valence-corrected chi connectivity index (χ1v) is 9.51. The Balaban J connectivity index is 1.84. The van der Waals surface area contributed by atoms with Crippen LogP contribution in [0, 0.1) is 0 Å². The third-order valence-corrected chi connectivity index (χ3v) is 5.25. The number of para-hydroxylation sites is 1. The van der Waals surface area contributed by atoms with Gasteiger partial charge in [-0.05, 0) is 35.4 Å². The third kappa shape index (κ3) is 3.80. The van der Waals surface area contributed by atoms with Crippen molar-refractivity contribution in [2.45, 2.75) is 18.3 Å². The highest BCUT2D eigenvalue weighted by molar-refractivity contribution is 6.16. The van der Waals surface area contributed by atoms with Crippen molar-refractivity contribution in [2.75, 3.05) is 4.90 Å². The second kappa shape index (κ2) is 7.92. The number of hydrogen-bond donors (Lipinski definition) is 2. The van der Waals surface area contributed by atoms with Crippen LogP contribution in [-0.4, -0.2) is 22.2 Å². The highest BCUT2D eigenvalue weighted by atomic mass is 19.4. The molecule has 7 heteroatoms. The van der Waals surface area contributed by atoms with Gasteiger partial charge in [0.15, 0.2) is 5.76 Å². The van der Waals surface area contributed by atoms with E-state index in [1.165, 1.54) is 17.0 Å². The summed E-state index contributed by atoms with van der Waals surface area (Å²) in [6.45, 7) is 0. The third-order valence-electron chi connectivity index (χ3n) is 5.25. The molecule has 0 aromatic heterocycles. The van der Waals surface area contributed by atoms with E-state index in [2.05, 4.69) is 0 Å². The first-order chi connectivity index (χ1) is 14.8. The van der Waals surface area contributed by atoms with Crippen molar-refractivity contribution >= 4 is 17.2 Å². The Bertz CT molecular complexity index is 1110. The summed E-state index contributed by atoms with van der Waals surface area (Å²) >= 11 is 0. The predicted octanol–water partition coefficient (Wildman–Crippen LogP) is 5.12. The summed E-state index contributed by atoms with van der Waals surface area (Å²) in [5.41, 5.74) is 0.387. The Morgan fingerprint density at radius 2 is 1.39 bits per heavy atom. The van der Waals surface area contributed by atoms with Crippen molar-refractivity contribution in [1.29, 1.82) is 0 Å². The lowest BCUT2D eigenvalue weighted by atomic mass is 9.91. The summed E-state index contributed by atoms with van der Waals surface area (Å²) in [5, 5.41) is 21.9. The molecule has 3 aromatic carbocycles. The fraction of sp³-hybridized carbons (Fsp3) is 0.125. The van der Waals surface area contributed by atoms with Crippen molar-refractivity contribution in [1.82, 2.24) is 0 Å². The number of rotatable bonds is 4. The summed E-state index contributed by atoms with van der Waals surface area (Å²) in [4.78, 5) is 14.3. The lowest BCUT2D eigenvalue weighted by molar-refractivity contribution is -0.137. The van der Waals surface area contributed by atoms with E-state index in [1.807, 2.05) is 0 Å². The summed E-state index contributed by atoms with van der Waals surface area (Å²) in [6.07, 6.45) is -5.74. The smallest absolute Gasteiger partial charge is 0.416 e. The van der Waals surface area contributed by atoms with Crippen LogP contribution >= 0.6 is 0 Å². The molecule has 0 aliphatic carbocycles. The molecule has 1 aliphatic rings. The second-order valence-electron chi connectivity index (χ2n) is 7.15. The van der Waals surface area contributed by atoms with E-state index in [0.717, 1.165) is 12.1 Å². The molecule has 0 radical (unpaired) electrons. The number of nitrogens with zero attached hydrogens (tertiary/aromatic N) is 1. The first-order valence-electron chi connectivity index (χ1n) is 9.51. The molecule has 1 aliphatic heterocycles. The zero-order chi connectivity index (χ0) is 22.2. The minimum atomic E-state index is -4.51. The Kier molecular flexibility index (Phi) is 5.29. The Morgan fingerprint density at radius 1 is 0.839 bits per heavy atom. The van der Waals surface area contributed by atoms with Crippen molar-refractivity contribution in [3.05, 3.63) is 107 Å². The van der Waals surface area contributed by atoms with Crippen LogP contribution < -0.4 is 4.90 Å². The van der Waals surface area contributed by atoms with Crippen LogP contribution in [0.15, 0.2) is 90.7 Å². The SMILES string of the molecule is O=C1C(O)=C(c2ccc(C(F)(F)F)cc2)C([C@H](O)c2ccccc2)N1c1ccccc1. The van der Waals surface area contributed by atoms with Gasteiger partial charge in [-0.25, -0.2) is 0 Å². The fourth-order valence-corrected chi connectivity index (χ4v) is 3.77. The highest BCUT2D eigenvalue weighted by Gasteiger charge is 2.45. The van der Waals surface area contributed by atoms with E-state index in [-0.39, 0.29) is 11.1 Å². The number of amides is 1. The van der Waals surface area contributed by atoms with Gasteiger partial charge in [-0.1, -0.05) is 60.7 Å². The van der Waals surface area contributed by atoms with Gasteiger partial charge in [-0.3, -0.25) is 9.69 Å². The molecule has 0 fully saturated rings. The molecular weight excluding hydrogens is 407 g/mol. The van der Waals surface area contributed by atoms with Gasteiger partial charge < -0.3 is 10.2 Å². The summed E-state index contributed by atoms with van der Waals surface area (Å²) in [5.74, 6) is -1.34. The van der Waals surface area contributed by atoms with Crippen LogP contribution in [0.4, 0.5) is 18.9 Å². The maximum absolute atomic E-state index is 13.0. The molecule has 0 spiro atoms. The topological polar surface area (TPSA) is 60.8 Å². The number of halogens is 3. The Labute approximate surface area is 176 Å². The average molecular weight is 425 g/mol. The molecule has 0 saturated heterocycles. The standard InChI is InChI=1S/C24H18F3NO3/c25-24(26,27)17-13-11-15(12-14-17)19-20(21(29)16-7-3-1-4-8-16)28(23(31)22(19)30)18-9-5-2-6-10-18/h1-14,20-21,29-30H/t20?,21-/m1/s1. The Hall–Kier alpha value is -3.58. The van der Waals surface area contributed by atoms with Gasteiger partial charge in [-0.15, -0.1) is 0 Å². The van der Waals surface area contributed by atoms with E-state index < -0.39 is 35.6 Å². The number of aliphatic hydroxyl groups excluding tert-OH is 2. The fourth-order valence-electron chi connectivity index (χ4n) is 3.77. The quantitative estimate of drug-likeness (QED) is 0.610. The zero-order valence-electron chi connectivity index (χ0n) is 16.1. The second-order valence-corrected chi connectivity index (χ2v) is 7.15. The van der Waals surface area contributed by atoms with Crippen LogP contribution in [0.5, 0.6) is 0 Å². The van der Waals surface area contributed by atoms with Crippen LogP contribution in [-0.2, 0) is 11.0 Å². The number of hydrogen-bond acceptors (Lipinski definition) is 3. The monoisotopic (exact) mass is 425 g/mol. The number of anilines is 1. The van der Waals surface area contributed by atoms with E-state index in [4.69, 9.17) is 0 Å². The van der Waals surface area contributed by atoms with Gasteiger partial charge in [0.1, 0.15) is 6.10 Å². The number of benzene rings is 3. The van der Waals surface area contributed by atoms with Crippen LogP contribution in [0.25, 0.3) is 5.57 Å². The molecule has 1 heterocycles. The highest BCUT2D eigenvalue weighted by Crippen LogP contribution is 2.42. The molecule has 31 heavy (non-hydrogen) atoms. The molecule has 4 rings (SSSR count). The van der Waals surface area contributed by atoms with Crippen LogP contribution in [0.2, 0.25) is 0 Å². The largest absolute Gasteiger partial charge is 0.503 e. The minimum absolute atomic E-state index is 0.0685. The molecule has 2 N–H and O–H groups in total. The van der Waals surface area contributed by atoms with E-state index in [0.29, 0.717) is 11.3 Å². The summed E-state index contributed by atoms with van der Waals surface area (Å²) in [6, 6.07) is 20.2. The van der Waals surface area contributed by atoms with Gasteiger partial charge >= 0.3 is 6.18 Å². The lowest BCUT2D eigenvalue weighted by Crippen LogP contribution is -2.39. The van der Waals surface area contributed by atoms with Gasteiger partial charge in [-0.2, -0.15) is 13.2 Å². The molecule has 1 amide bonds. The lowest BCUT2D eigenvalue weighted by Gasteiger charge is -2.31. The number of alkyl halides is 3. The summed E-state index contributed by atoms with van der Waals surface area (Å²) in [7, 11) is 0. The average Bonchev–Trinajstić information content (AvgIpc) is 3.04. The van der Waals surface area contributed by atoms with Gasteiger partial charge in [0.05, 0.1) is 11.6 Å². The van der Waals surface area contributed by atoms with Crippen molar-refractivity contribution in [2.24, 2.45) is 0 Å². The predicted molar refractivity (Wildman–Crippen MR) is 110 cm³/mol. The number of carbonyl (C=O) groups is 1. The maximum Gasteiger partial charge on any atom is 0.416 e. The minimum Gasteiger partial charge on any atom is -0.503 e. The normalized spacial score (nSPS) is 17.9. The summed E-state index contributed by atoms with van der Waals surface area (Å²) < 4.78 is 38.9. The molecule has 158 valence electrons. The number of carbonyl (C=O) groups excluding carboxylic acids is 1. The molecule has 1 unspecified atom stereocenters. The van der Waals surface area contributed by atoms with Gasteiger partial charge in [0.2, 0.25) is 0 Å². The van der Waals surface area contributed by atoms with Gasteiger partial charge in [0, 0.05) is 11.3 Å². The van der Waals surface area contributed by atoms with E-state index >= 15 is 0 Å². The number of aliphatic hydroxyl groups is 2.